The molecule has 2 heterocycles. The summed E-state index contributed by atoms with van der Waals surface area (Å²) in [5, 5.41) is 13.9. The fourth-order valence-corrected chi connectivity index (χ4v) is 7.55. The number of esters is 1. The number of carbonyl (C=O) groups is 5. The minimum atomic E-state index is -1.53. The Labute approximate surface area is 297 Å². The fourth-order valence-electron chi connectivity index (χ4n) is 4.51. The molecule has 0 aliphatic carbocycles. The molecule has 1 aliphatic rings. The normalized spacial score (nSPS) is 12.6. The predicted molar refractivity (Wildman–Crippen MR) is 183 cm³/mol. The SMILES string of the molecule is COC(=O)c1c(NC(=O)CSc2cccc(NC(=O)c3c(Cl)c(Cl)c(Cl)c(Cl)c3C(=O)O)c2)sc2c1CCN(C(=O)OC(C)(C)C)C2. The summed E-state index contributed by atoms with van der Waals surface area (Å²) in [4.78, 5) is 66.2. The van der Waals surface area contributed by atoms with Gasteiger partial charge in [-0.25, -0.2) is 14.4 Å². The highest BCUT2D eigenvalue weighted by atomic mass is 35.5. The predicted octanol–water partition coefficient (Wildman–Crippen LogP) is 8.12. The lowest BCUT2D eigenvalue weighted by Gasteiger charge is -2.30. The van der Waals surface area contributed by atoms with Crippen molar-refractivity contribution in [1.82, 2.24) is 4.90 Å². The van der Waals surface area contributed by atoms with Gasteiger partial charge in [-0.15, -0.1) is 23.1 Å². The molecule has 3 N–H and O–H groups in total. The maximum absolute atomic E-state index is 13.1. The third-order valence-corrected chi connectivity index (χ3v) is 10.4. The second-order valence-corrected chi connectivity index (χ2v) is 14.6. The first kappa shape index (κ1) is 36.6. The van der Waals surface area contributed by atoms with E-state index >= 15 is 0 Å². The first-order valence-electron chi connectivity index (χ1n) is 13.7. The molecule has 0 unspecified atom stereocenters. The number of aromatic carboxylic acids is 1. The van der Waals surface area contributed by atoms with Gasteiger partial charge in [0.2, 0.25) is 5.91 Å². The lowest BCUT2D eigenvalue weighted by Crippen LogP contribution is -2.39. The Balaban J connectivity index is 1.46. The van der Waals surface area contributed by atoms with Crippen LogP contribution in [-0.2, 0) is 27.2 Å². The van der Waals surface area contributed by atoms with Crippen molar-refractivity contribution in [3.8, 4) is 0 Å². The van der Waals surface area contributed by atoms with Gasteiger partial charge < -0.3 is 30.1 Å². The van der Waals surface area contributed by atoms with Gasteiger partial charge in [0.05, 0.1) is 56.2 Å². The molecule has 0 fully saturated rings. The van der Waals surface area contributed by atoms with E-state index in [-0.39, 0.29) is 38.6 Å². The van der Waals surface area contributed by atoms with E-state index in [4.69, 9.17) is 55.9 Å². The smallest absolute Gasteiger partial charge is 0.410 e. The number of thiophene rings is 1. The van der Waals surface area contributed by atoms with Crippen LogP contribution in [0.3, 0.4) is 0 Å². The van der Waals surface area contributed by atoms with Crippen molar-refractivity contribution in [3.05, 3.63) is 71.5 Å². The number of carboxylic acid groups (broad SMARTS) is 1. The maximum atomic E-state index is 13.1. The van der Waals surface area contributed by atoms with Gasteiger partial charge >= 0.3 is 18.0 Å². The summed E-state index contributed by atoms with van der Waals surface area (Å²) in [5.41, 5.74) is -0.509. The van der Waals surface area contributed by atoms with E-state index in [0.717, 1.165) is 16.6 Å². The van der Waals surface area contributed by atoms with Gasteiger partial charge in [0, 0.05) is 22.0 Å². The van der Waals surface area contributed by atoms with Crippen molar-refractivity contribution in [1.29, 1.82) is 0 Å². The molecule has 0 bridgehead atoms. The van der Waals surface area contributed by atoms with Crippen molar-refractivity contribution < 1.29 is 38.6 Å². The van der Waals surface area contributed by atoms with Crippen LogP contribution in [0, 0.1) is 0 Å². The quantitative estimate of drug-likeness (QED) is 0.0895. The molecular weight excluding hydrogens is 736 g/mol. The highest BCUT2D eigenvalue weighted by molar-refractivity contribution is 8.00. The Morgan fingerprint density at radius 1 is 0.979 bits per heavy atom. The van der Waals surface area contributed by atoms with Crippen LogP contribution in [-0.4, -0.2) is 64.9 Å². The molecule has 4 rings (SSSR count). The standard InChI is InChI=1S/C30H27Cl4N3O8S2/c1-30(2,3)45-29(43)37-9-8-15-16(11-37)47-26(18(15)28(42)44-4)36-17(38)12-46-14-7-5-6-13(10-14)35-25(39)19-20(27(40)41)22(32)24(34)23(33)21(19)31/h5-7,10H,8-9,11-12H2,1-4H3,(H,35,39)(H,36,38)(H,40,41). The molecule has 3 amide bonds. The molecule has 11 nitrogen and oxygen atoms in total. The van der Waals surface area contributed by atoms with Crippen molar-refractivity contribution in [3.63, 3.8) is 0 Å². The van der Waals surface area contributed by atoms with Crippen LogP contribution in [0.15, 0.2) is 29.2 Å². The zero-order valence-electron chi connectivity index (χ0n) is 25.2. The monoisotopic (exact) mass is 761 g/mol. The summed E-state index contributed by atoms with van der Waals surface area (Å²) < 4.78 is 10.5. The summed E-state index contributed by atoms with van der Waals surface area (Å²) in [6.07, 6.45) is -0.0885. The van der Waals surface area contributed by atoms with Gasteiger partial charge in [-0.1, -0.05) is 52.5 Å². The largest absolute Gasteiger partial charge is 0.478 e. The fraction of sp³-hybridized carbons (Fsp3) is 0.300. The van der Waals surface area contributed by atoms with Gasteiger partial charge in [0.15, 0.2) is 0 Å². The average Bonchev–Trinajstić information content (AvgIpc) is 3.36. The van der Waals surface area contributed by atoms with E-state index in [1.165, 1.54) is 18.4 Å². The Hall–Kier alpha value is -3.20. The summed E-state index contributed by atoms with van der Waals surface area (Å²) in [6, 6.07) is 6.44. The molecule has 0 spiro atoms. The van der Waals surface area contributed by atoms with Crippen LogP contribution >= 0.6 is 69.5 Å². The molecular formula is C30H27Cl4N3O8S2. The van der Waals surface area contributed by atoms with Crippen LogP contribution < -0.4 is 10.6 Å². The number of nitrogens with one attached hydrogen (secondary N) is 2. The van der Waals surface area contributed by atoms with Crippen molar-refractivity contribution >= 4 is 110 Å². The number of ether oxygens (including phenoxy) is 2. The molecule has 0 saturated carbocycles. The number of methoxy groups -OCH3 is 1. The molecule has 3 aromatic rings. The van der Waals surface area contributed by atoms with Gasteiger partial charge in [-0.3, -0.25) is 9.59 Å². The number of hydrogen-bond acceptors (Lipinski definition) is 9. The highest BCUT2D eigenvalue weighted by Gasteiger charge is 2.33. The zero-order valence-corrected chi connectivity index (χ0v) is 29.9. The summed E-state index contributed by atoms with van der Waals surface area (Å²) in [5.74, 6) is -3.51. The number of nitrogens with zero attached hydrogens (tertiary/aromatic N) is 1. The van der Waals surface area contributed by atoms with Crippen molar-refractivity contribution in [2.75, 3.05) is 30.0 Å². The van der Waals surface area contributed by atoms with Crippen LogP contribution in [0.25, 0.3) is 0 Å². The Kier molecular flexibility index (Phi) is 11.6. The first-order chi connectivity index (χ1) is 22.0. The number of anilines is 2. The summed E-state index contributed by atoms with van der Waals surface area (Å²) in [6.45, 7) is 5.88. The van der Waals surface area contributed by atoms with Gasteiger partial charge in [0.1, 0.15) is 10.6 Å². The minimum absolute atomic E-state index is 0.0675. The number of benzene rings is 2. The lowest BCUT2D eigenvalue weighted by molar-refractivity contribution is -0.113. The van der Waals surface area contributed by atoms with Crippen molar-refractivity contribution in [2.24, 2.45) is 0 Å². The van der Waals surface area contributed by atoms with Gasteiger partial charge in [-0.2, -0.15) is 0 Å². The molecule has 0 atom stereocenters. The molecule has 47 heavy (non-hydrogen) atoms. The lowest BCUT2D eigenvalue weighted by atomic mass is 10.0. The number of thioether (sulfide) groups is 1. The molecule has 1 aliphatic heterocycles. The van der Waals surface area contributed by atoms with E-state index in [1.54, 1.807) is 49.9 Å². The first-order valence-corrected chi connectivity index (χ1v) is 17.0. The van der Waals surface area contributed by atoms with E-state index in [0.29, 0.717) is 28.4 Å². The summed E-state index contributed by atoms with van der Waals surface area (Å²) >= 11 is 26.6. The van der Waals surface area contributed by atoms with Crippen LogP contribution in [0.2, 0.25) is 20.1 Å². The highest BCUT2D eigenvalue weighted by Crippen LogP contribution is 2.42. The van der Waals surface area contributed by atoms with Crippen LogP contribution in [0.4, 0.5) is 15.5 Å². The molecule has 250 valence electrons. The number of rotatable bonds is 8. The molecule has 0 saturated heterocycles. The number of amides is 3. The molecule has 17 heteroatoms. The third-order valence-electron chi connectivity index (χ3n) is 6.52. The third kappa shape index (κ3) is 8.45. The molecule has 1 aromatic heterocycles. The van der Waals surface area contributed by atoms with E-state index in [1.807, 2.05) is 0 Å². The van der Waals surface area contributed by atoms with Gasteiger partial charge in [0.25, 0.3) is 5.91 Å². The van der Waals surface area contributed by atoms with E-state index < -0.39 is 51.6 Å². The maximum Gasteiger partial charge on any atom is 0.410 e. The van der Waals surface area contributed by atoms with E-state index in [9.17, 15) is 29.1 Å². The Morgan fingerprint density at radius 3 is 2.26 bits per heavy atom. The number of fused-ring (bicyclic) bond motifs is 1. The Bertz CT molecular complexity index is 1790. The number of halogens is 4. The molecule has 0 radical (unpaired) electrons. The number of carbonyl (C=O) groups excluding carboxylic acids is 4. The molecule has 2 aromatic carbocycles. The number of carboxylic acids is 1. The summed E-state index contributed by atoms with van der Waals surface area (Å²) in [7, 11) is 1.25. The number of hydrogen-bond donors (Lipinski definition) is 3. The minimum Gasteiger partial charge on any atom is -0.478 e. The zero-order chi connectivity index (χ0) is 34.8. The average molecular weight is 764 g/mol. The van der Waals surface area contributed by atoms with Crippen molar-refractivity contribution in [2.45, 2.75) is 44.2 Å². The second kappa shape index (κ2) is 14.9. The van der Waals surface area contributed by atoms with Crippen LogP contribution in [0.1, 0.15) is 62.3 Å². The Morgan fingerprint density at radius 2 is 1.64 bits per heavy atom. The van der Waals surface area contributed by atoms with E-state index in [2.05, 4.69) is 10.6 Å². The second-order valence-electron chi connectivity index (χ2n) is 11.0. The van der Waals surface area contributed by atoms with Gasteiger partial charge in [-0.05, 0) is 51.0 Å². The van der Waals surface area contributed by atoms with Crippen LogP contribution in [0.5, 0.6) is 0 Å². The topological polar surface area (TPSA) is 151 Å².